The lowest BCUT2D eigenvalue weighted by Crippen LogP contribution is -2.34. The van der Waals surface area contributed by atoms with Gasteiger partial charge in [0.1, 0.15) is 0 Å². The normalized spacial score (nSPS) is 23.4. The zero-order chi connectivity index (χ0) is 11.4. The summed E-state index contributed by atoms with van der Waals surface area (Å²) in [4.78, 5) is 24.5. The van der Waals surface area contributed by atoms with Crippen molar-refractivity contribution in [3.63, 3.8) is 0 Å². The van der Waals surface area contributed by atoms with Crippen LogP contribution in [0.5, 0.6) is 0 Å². The van der Waals surface area contributed by atoms with Crippen molar-refractivity contribution in [2.24, 2.45) is 11.8 Å². The van der Waals surface area contributed by atoms with Crippen molar-refractivity contribution in [1.82, 2.24) is 4.90 Å². The number of hydrogen-bond acceptors (Lipinski definition) is 3. The van der Waals surface area contributed by atoms with E-state index in [9.17, 15) is 9.59 Å². The average molecular weight is 213 g/mol. The lowest BCUT2D eigenvalue weighted by Gasteiger charge is -2.20. The maximum atomic E-state index is 11.8. The zero-order valence-electron chi connectivity index (χ0n) is 9.66. The van der Waals surface area contributed by atoms with Crippen molar-refractivity contribution in [2.45, 2.75) is 26.7 Å². The number of amides is 1. The Morgan fingerprint density at radius 1 is 1.47 bits per heavy atom. The predicted octanol–water partition coefficient (Wildman–Crippen LogP) is 1.05. The van der Waals surface area contributed by atoms with Crippen LogP contribution >= 0.6 is 0 Å². The molecule has 0 aromatic heterocycles. The lowest BCUT2D eigenvalue weighted by atomic mass is 10.2. The lowest BCUT2D eigenvalue weighted by molar-refractivity contribution is -0.141. The summed E-state index contributed by atoms with van der Waals surface area (Å²) in [7, 11) is 1.36. The molecule has 1 amide bonds. The number of nitrogens with zero attached hydrogens (tertiary/aromatic N) is 1. The van der Waals surface area contributed by atoms with Gasteiger partial charge < -0.3 is 9.64 Å². The van der Waals surface area contributed by atoms with E-state index in [0.29, 0.717) is 19.0 Å². The molecule has 0 spiro atoms. The third-order valence-corrected chi connectivity index (χ3v) is 2.93. The first-order valence-corrected chi connectivity index (χ1v) is 5.45. The first-order valence-electron chi connectivity index (χ1n) is 5.45. The van der Waals surface area contributed by atoms with E-state index in [-0.39, 0.29) is 24.2 Å². The fourth-order valence-corrected chi connectivity index (χ4v) is 1.65. The number of carbonyl (C=O) groups excluding carboxylic acids is 2. The number of methoxy groups -OCH3 is 1. The zero-order valence-corrected chi connectivity index (χ0v) is 9.66. The van der Waals surface area contributed by atoms with Crippen LogP contribution < -0.4 is 0 Å². The molecule has 0 radical (unpaired) electrons. The number of rotatable bonds is 5. The molecule has 1 aliphatic carbocycles. The summed E-state index contributed by atoms with van der Waals surface area (Å²) in [6, 6.07) is 0. The van der Waals surface area contributed by atoms with Gasteiger partial charge in [0.15, 0.2) is 0 Å². The van der Waals surface area contributed by atoms with Crippen LogP contribution in [-0.4, -0.2) is 37.0 Å². The largest absolute Gasteiger partial charge is 0.469 e. The molecule has 0 heterocycles. The summed E-state index contributed by atoms with van der Waals surface area (Å²) in [6.07, 6.45) is 1.28. The van der Waals surface area contributed by atoms with Gasteiger partial charge in [-0.25, -0.2) is 0 Å². The van der Waals surface area contributed by atoms with Gasteiger partial charge in [0.2, 0.25) is 5.91 Å². The Hall–Kier alpha value is -1.06. The molecule has 2 unspecified atom stereocenters. The van der Waals surface area contributed by atoms with Gasteiger partial charge >= 0.3 is 5.97 Å². The fraction of sp³-hybridized carbons (Fsp3) is 0.818. The second-order valence-electron chi connectivity index (χ2n) is 4.06. The average Bonchev–Trinajstić information content (AvgIpc) is 2.95. The van der Waals surface area contributed by atoms with E-state index in [0.717, 1.165) is 6.42 Å². The third kappa shape index (κ3) is 3.22. The smallest absolute Gasteiger partial charge is 0.307 e. The number of ether oxygens (including phenoxy) is 1. The van der Waals surface area contributed by atoms with Crippen LogP contribution in [0, 0.1) is 11.8 Å². The molecule has 1 rings (SSSR count). The Labute approximate surface area is 90.6 Å². The predicted molar refractivity (Wildman–Crippen MR) is 56.2 cm³/mol. The van der Waals surface area contributed by atoms with E-state index in [1.165, 1.54) is 7.11 Å². The van der Waals surface area contributed by atoms with Gasteiger partial charge in [-0.15, -0.1) is 0 Å². The molecule has 0 aromatic carbocycles. The monoisotopic (exact) mass is 213 g/mol. The molecule has 0 aliphatic heterocycles. The van der Waals surface area contributed by atoms with Gasteiger partial charge in [0.25, 0.3) is 0 Å². The summed E-state index contributed by atoms with van der Waals surface area (Å²) >= 11 is 0. The summed E-state index contributed by atoms with van der Waals surface area (Å²) in [5.74, 6) is 0.645. The van der Waals surface area contributed by atoms with Crippen molar-refractivity contribution in [1.29, 1.82) is 0 Å². The SMILES string of the molecule is CCN(CCC(=O)OC)C(=O)C1CC1C. The second kappa shape index (κ2) is 5.14. The molecule has 86 valence electrons. The Balaban J connectivity index is 2.35. The number of esters is 1. The first-order chi connectivity index (χ1) is 7.10. The number of hydrogen-bond donors (Lipinski definition) is 0. The van der Waals surface area contributed by atoms with E-state index in [1.54, 1.807) is 4.90 Å². The van der Waals surface area contributed by atoms with Crippen LogP contribution in [0.3, 0.4) is 0 Å². The Bertz CT molecular complexity index is 252. The van der Waals surface area contributed by atoms with Crippen molar-refractivity contribution in [3.8, 4) is 0 Å². The summed E-state index contributed by atoms with van der Waals surface area (Å²) in [5.41, 5.74) is 0. The molecule has 0 bridgehead atoms. The minimum absolute atomic E-state index is 0.189. The minimum atomic E-state index is -0.259. The van der Waals surface area contributed by atoms with Crippen LogP contribution in [-0.2, 0) is 14.3 Å². The summed E-state index contributed by atoms with van der Waals surface area (Å²) < 4.78 is 4.55. The molecule has 4 heteroatoms. The summed E-state index contributed by atoms with van der Waals surface area (Å²) in [5, 5.41) is 0. The highest BCUT2D eigenvalue weighted by molar-refractivity contribution is 5.82. The highest BCUT2D eigenvalue weighted by Crippen LogP contribution is 2.39. The van der Waals surface area contributed by atoms with Gasteiger partial charge in [-0.1, -0.05) is 6.92 Å². The Morgan fingerprint density at radius 3 is 2.47 bits per heavy atom. The highest BCUT2D eigenvalue weighted by atomic mass is 16.5. The Kier molecular flexibility index (Phi) is 4.12. The number of carbonyl (C=O) groups is 2. The van der Waals surface area contributed by atoms with Crippen molar-refractivity contribution >= 4 is 11.9 Å². The highest BCUT2D eigenvalue weighted by Gasteiger charge is 2.41. The van der Waals surface area contributed by atoms with Gasteiger partial charge in [0, 0.05) is 19.0 Å². The maximum Gasteiger partial charge on any atom is 0.307 e. The molecular formula is C11H19NO3. The van der Waals surface area contributed by atoms with Gasteiger partial charge in [-0.05, 0) is 19.3 Å². The van der Waals surface area contributed by atoms with Gasteiger partial charge in [-0.3, -0.25) is 9.59 Å². The van der Waals surface area contributed by atoms with E-state index in [2.05, 4.69) is 11.7 Å². The molecule has 0 aromatic rings. The molecule has 0 saturated heterocycles. The first kappa shape index (κ1) is 12.0. The van der Waals surface area contributed by atoms with E-state index in [4.69, 9.17) is 0 Å². The maximum absolute atomic E-state index is 11.8. The van der Waals surface area contributed by atoms with Gasteiger partial charge in [0.05, 0.1) is 13.5 Å². The quantitative estimate of drug-likeness (QED) is 0.641. The Morgan fingerprint density at radius 2 is 2.07 bits per heavy atom. The molecule has 1 aliphatic rings. The van der Waals surface area contributed by atoms with Crippen LogP contribution in [0.4, 0.5) is 0 Å². The third-order valence-electron chi connectivity index (χ3n) is 2.93. The molecule has 1 fully saturated rings. The molecule has 4 nitrogen and oxygen atoms in total. The topological polar surface area (TPSA) is 46.6 Å². The standard InChI is InChI=1S/C11H19NO3/c1-4-12(6-5-10(13)15-3)11(14)9-7-8(9)2/h8-9H,4-7H2,1-3H3. The van der Waals surface area contributed by atoms with Crippen LogP contribution in [0.15, 0.2) is 0 Å². The second-order valence-corrected chi connectivity index (χ2v) is 4.06. The van der Waals surface area contributed by atoms with Crippen molar-refractivity contribution < 1.29 is 14.3 Å². The van der Waals surface area contributed by atoms with Gasteiger partial charge in [-0.2, -0.15) is 0 Å². The molecule has 1 saturated carbocycles. The molecular weight excluding hydrogens is 194 g/mol. The molecule has 0 N–H and O–H groups in total. The van der Waals surface area contributed by atoms with E-state index >= 15 is 0 Å². The van der Waals surface area contributed by atoms with E-state index in [1.807, 2.05) is 6.92 Å². The van der Waals surface area contributed by atoms with Crippen LogP contribution in [0.25, 0.3) is 0 Å². The van der Waals surface area contributed by atoms with Crippen molar-refractivity contribution in [3.05, 3.63) is 0 Å². The summed E-state index contributed by atoms with van der Waals surface area (Å²) in [6.45, 7) is 5.16. The molecule has 15 heavy (non-hydrogen) atoms. The fourth-order valence-electron chi connectivity index (χ4n) is 1.65. The molecule has 2 atom stereocenters. The minimum Gasteiger partial charge on any atom is -0.469 e. The van der Waals surface area contributed by atoms with Crippen LogP contribution in [0.1, 0.15) is 26.7 Å². The van der Waals surface area contributed by atoms with Crippen LogP contribution in [0.2, 0.25) is 0 Å². The van der Waals surface area contributed by atoms with E-state index < -0.39 is 0 Å². The van der Waals surface area contributed by atoms with Crippen molar-refractivity contribution in [2.75, 3.05) is 20.2 Å².